The number of rotatable bonds is 4. The molecule has 94 valence electrons. The average molecular weight is 246 g/mol. The van der Waals surface area contributed by atoms with E-state index in [9.17, 15) is 18.7 Å². The SMILES string of the molecule is COC(=O)Cc1nc(C(F)F)c(CN)cc1O. The van der Waals surface area contributed by atoms with Gasteiger partial charge in [0, 0.05) is 6.54 Å². The maximum atomic E-state index is 12.6. The summed E-state index contributed by atoms with van der Waals surface area (Å²) in [6.45, 7) is -0.168. The standard InChI is InChI=1S/C10H12F2N2O3/c1-17-8(16)3-6-7(15)2-5(4-13)9(14-6)10(11)12/h2,10,15H,3-4,13H2,1H3. The van der Waals surface area contributed by atoms with E-state index in [0.717, 1.165) is 13.2 Å². The van der Waals surface area contributed by atoms with Gasteiger partial charge in [-0.1, -0.05) is 0 Å². The molecular weight excluding hydrogens is 234 g/mol. The highest BCUT2D eigenvalue weighted by Gasteiger charge is 2.19. The second kappa shape index (κ2) is 5.53. The predicted octanol–water partition coefficient (Wildman–Crippen LogP) is 0.899. The van der Waals surface area contributed by atoms with Gasteiger partial charge in [-0.25, -0.2) is 13.8 Å². The van der Waals surface area contributed by atoms with Crippen molar-refractivity contribution in [1.29, 1.82) is 0 Å². The van der Waals surface area contributed by atoms with E-state index in [2.05, 4.69) is 9.72 Å². The van der Waals surface area contributed by atoms with Crippen molar-refractivity contribution in [1.82, 2.24) is 4.98 Å². The molecule has 0 aliphatic heterocycles. The molecule has 0 fully saturated rings. The van der Waals surface area contributed by atoms with Crippen molar-refractivity contribution < 1.29 is 23.4 Å². The summed E-state index contributed by atoms with van der Waals surface area (Å²) in [7, 11) is 1.15. The van der Waals surface area contributed by atoms with Crippen LogP contribution in [0.25, 0.3) is 0 Å². The van der Waals surface area contributed by atoms with Gasteiger partial charge in [0.25, 0.3) is 6.43 Å². The van der Waals surface area contributed by atoms with Crippen molar-refractivity contribution in [3.05, 3.63) is 23.0 Å². The van der Waals surface area contributed by atoms with Crippen LogP contribution in [0.15, 0.2) is 6.07 Å². The lowest BCUT2D eigenvalue weighted by molar-refractivity contribution is -0.139. The van der Waals surface area contributed by atoms with Crippen LogP contribution >= 0.6 is 0 Å². The van der Waals surface area contributed by atoms with E-state index >= 15 is 0 Å². The molecule has 0 aromatic carbocycles. The Bertz CT molecular complexity index is 424. The summed E-state index contributed by atoms with van der Waals surface area (Å²) in [5.41, 5.74) is 4.63. The summed E-state index contributed by atoms with van der Waals surface area (Å²) in [6, 6.07) is 1.09. The zero-order valence-corrected chi connectivity index (χ0v) is 9.11. The summed E-state index contributed by atoms with van der Waals surface area (Å²) < 4.78 is 29.6. The maximum absolute atomic E-state index is 12.6. The number of ether oxygens (including phenoxy) is 1. The number of nitrogens with zero attached hydrogens (tertiary/aromatic N) is 1. The molecule has 17 heavy (non-hydrogen) atoms. The smallest absolute Gasteiger partial charge is 0.311 e. The maximum Gasteiger partial charge on any atom is 0.311 e. The van der Waals surface area contributed by atoms with Gasteiger partial charge in [-0.05, 0) is 11.6 Å². The van der Waals surface area contributed by atoms with Crippen LogP contribution in [0, 0.1) is 0 Å². The Morgan fingerprint density at radius 1 is 1.65 bits per heavy atom. The second-order valence-electron chi connectivity index (χ2n) is 3.26. The molecule has 5 nitrogen and oxygen atoms in total. The first-order valence-electron chi connectivity index (χ1n) is 4.76. The lowest BCUT2D eigenvalue weighted by atomic mass is 10.1. The molecular formula is C10H12F2N2O3. The molecule has 0 radical (unpaired) electrons. The number of carbonyl (C=O) groups is 1. The molecule has 0 saturated heterocycles. The Kier molecular flexibility index (Phi) is 4.33. The summed E-state index contributed by atoms with van der Waals surface area (Å²) >= 11 is 0. The molecule has 0 aliphatic carbocycles. The van der Waals surface area contributed by atoms with Gasteiger partial charge >= 0.3 is 5.97 Å². The molecule has 0 spiro atoms. The minimum absolute atomic E-state index is 0.0473. The van der Waals surface area contributed by atoms with Crippen LogP contribution in [0.1, 0.15) is 23.4 Å². The fraction of sp³-hybridized carbons (Fsp3) is 0.400. The van der Waals surface area contributed by atoms with Crippen LogP contribution in [-0.4, -0.2) is 23.2 Å². The summed E-state index contributed by atoms with van der Waals surface area (Å²) in [5, 5.41) is 9.50. The summed E-state index contributed by atoms with van der Waals surface area (Å²) in [5.74, 6) is -1.02. The van der Waals surface area contributed by atoms with Crippen LogP contribution in [0.4, 0.5) is 8.78 Å². The lowest BCUT2D eigenvalue weighted by Gasteiger charge is -2.10. The quantitative estimate of drug-likeness (QED) is 0.771. The van der Waals surface area contributed by atoms with Gasteiger partial charge in [0.2, 0.25) is 0 Å². The van der Waals surface area contributed by atoms with Gasteiger partial charge in [-0.15, -0.1) is 0 Å². The summed E-state index contributed by atoms with van der Waals surface area (Å²) in [6.07, 6.45) is -3.18. The Morgan fingerprint density at radius 2 is 2.29 bits per heavy atom. The van der Waals surface area contributed by atoms with Crippen LogP contribution in [0.2, 0.25) is 0 Å². The van der Waals surface area contributed by atoms with Gasteiger partial charge in [-0.2, -0.15) is 0 Å². The first-order chi connectivity index (χ1) is 7.99. The number of aromatic hydroxyl groups is 1. The molecule has 0 saturated carbocycles. The van der Waals surface area contributed by atoms with E-state index in [1.54, 1.807) is 0 Å². The van der Waals surface area contributed by atoms with E-state index in [0.29, 0.717) is 0 Å². The van der Waals surface area contributed by atoms with Crippen molar-refractivity contribution in [2.75, 3.05) is 7.11 Å². The number of halogens is 2. The minimum atomic E-state index is -2.81. The Morgan fingerprint density at radius 3 is 2.76 bits per heavy atom. The zero-order chi connectivity index (χ0) is 13.0. The molecule has 1 aromatic rings. The molecule has 7 heteroatoms. The number of hydrogen-bond acceptors (Lipinski definition) is 5. The number of aromatic nitrogens is 1. The van der Waals surface area contributed by atoms with Crippen LogP contribution in [0.5, 0.6) is 5.75 Å². The largest absolute Gasteiger partial charge is 0.506 e. The number of hydrogen-bond donors (Lipinski definition) is 2. The normalized spacial score (nSPS) is 10.6. The molecule has 3 N–H and O–H groups in total. The Balaban J connectivity index is 3.15. The van der Waals surface area contributed by atoms with Crippen molar-refractivity contribution in [2.24, 2.45) is 5.73 Å². The highest BCUT2D eigenvalue weighted by Crippen LogP contribution is 2.26. The van der Waals surface area contributed by atoms with Gasteiger partial charge in [0.15, 0.2) is 0 Å². The van der Waals surface area contributed by atoms with Crippen molar-refractivity contribution in [2.45, 2.75) is 19.4 Å². The van der Waals surface area contributed by atoms with Crippen molar-refractivity contribution in [3.63, 3.8) is 0 Å². The van der Waals surface area contributed by atoms with E-state index in [1.807, 2.05) is 0 Å². The van der Waals surface area contributed by atoms with E-state index in [4.69, 9.17) is 5.73 Å². The molecule has 0 aliphatic rings. The highest BCUT2D eigenvalue weighted by molar-refractivity contribution is 5.72. The van der Waals surface area contributed by atoms with E-state index in [1.165, 1.54) is 0 Å². The monoisotopic (exact) mass is 246 g/mol. The third kappa shape index (κ3) is 3.10. The molecule has 0 amide bonds. The zero-order valence-electron chi connectivity index (χ0n) is 9.11. The molecule has 1 aromatic heterocycles. The topological polar surface area (TPSA) is 85.4 Å². The average Bonchev–Trinajstić information content (AvgIpc) is 2.30. The first-order valence-corrected chi connectivity index (χ1v) is 4.76. The van der Waals surface area contributed by atoms with Gasteiger partial charge in [0.05, 0.1) is 19.2 Å². The molecule has 0 bridgehead atoms. The second-order valence-corrected chi connectivity index (χ2v) is 3.26. The van der Waals surface area contributed by atoms with Gasteiger partial charge in [-0.3, -0.25) is 4.79 Å². The first kappa shape index (κ1) is 13.3. The minimum Gasteiger partial charge on any atom is -0.506 e. The number of alkyl halides is 2. The van der Waals surface area contributed by atoms with Gasteiger partial charge < -0.3 is 15.6 Å². The van der Waals surface area contributed by atoms with E-state index in [-0.39, 0.29) is 30.0 Å². The lowest BCUT2D eigenvalue weighted by Crippen LogP contribution is -2.11. The molecule has 1 rings (SSSR count). The number of nitrogens with two attached hydrogens (primary N) is 1. The number of esters is 1. The van der Waals surface area contributed by atoms with E-state index < -0.39 is 18.1 Å². The van der Waals surface area contributed by atoms with Gasteiger partial charge in [0.1, 0.15) is 11.4 Å². The fourth-order valence-corrected chi connectivity index (χ4v) is 1.29. The highest BCUT2D eigenvalue weighted by atomic mass is 19.3. The Hall–Kier alpha value is -1.76. The Labute approximate surface area is 96.2 Å². The van der Waals surface area contributed by atoms with Crippen LogP contribution < -0.4 is 5.73 Å². The number of methoxy groups -OCH3 is 1. The third-order valence-electron chi connectivity index (χ3n) is 2.16. The van der Waals surface area contributed by atoms with Crippen LogP contribution in [0.3, 0.4) is 0 Å². The van der Waals surface area contributed by atoms with Crippen LogP contribution in [-0.2, 0) is 22.5 Å². The molecule has 0 unspecified atom stereocenters. The predicted molar refractivity (Wildman–Crippen MR) is 54.5 cm³/mol. The van der Waals surface area contributed by atoms with Crippen molar-refractivity contribution in [3.8, 4) is 5.75 Å². The summed E-state index contributed by atoms with van der Waals surface area (Å²) in [4.78, 5) is 14.5. The van der Waals surface area contributed by atoms with Crippen molar-refractivity contribution >= 4 is 5.97 Å². The number of carbonyl (C=O) groups excluding carboxylic acids is 1. The number of pyridine rings is 1. The fourth-order valence-electron chi connectivity index (χ4n) is 1.29. The molecule has 1 heterocycles. The third-order valence-corrected chi connectivity index (χ3v) is 2.16. The molecule has 0 atom stereocenters.